The molecule has 1 atom stereocenters. The molecule has 2 aliphatic heterocycles. The lowest BCUT2D eigenvalue weighted by Crippen LogP contribution is -2.45. The van der Waals surface area contributed by atoms with Crippen LogP contribution in [0.1, 0.15) is 81.0 Å². The van der Waals surface area contributed by atoms with Gasteiger partial charge < -0.3 is 4.90 Å². The van der Waals surface area contributed by atoms with E-state index in [-0.39, 0.29) is 29.7 Å². The maximum atomic E-state index is 13.8. The van der Waals surface area contributed by atoms with Crippen molar-refractivity contribution in [3.05, 3.63) is 70.8 Å². The molecule has 0 bridgehead atoms. The first-order chi connectivity index (χ1) is 20.2. The molecule has 212 valence electrons. The second-order valence-electron chi connectivity index (χ2n) is 12.0. The van der Waals surface area contributed by atoms with Gasteiger partial charge >= 0.3 is 0 Å². The maximum Gasteiger partial charge on any atom is 0.261 e. The number of benzene rings is 5. The van der Waals surface area contributed by atoms with Crippen LogP contribution in [0.25, 0.3) is 43.1 Å². The minimum atomic E-state index is -0.279. The molecule has 2 heterocycles. The Balaban J connectivity index is 1.45. The normalized spacial score (nSPS) is 15.9. The fourth-order valence-corrected chi connectivity index (χ4v) is 7.06. The van der Waals surface area contributed by atoms with E-state index in [1.54, 1.807) is 0 Å². The van der Waals surface area contributed by atoms with Gasteiger partial charge in [-0.2, -0.15) is 0 Å². The minimum Gasteiger partial charge on any atom is -0.308 e. The zero-order chi connectivity index (χ0) is 29.4. The number of hydrogen-bond acceptors (Lipinski definition) is 5. The van der Waals surface area contributed by atoms with Crippen LogP contribution in [-0.2, 0) is 0 Å². The molecule has 0 aliphatic carbocycles. The molecule has 7 nitrogen and oxygen atoms in total. The number of likely N-dealkylation sites (N-methyl/N-ethyl adjacent to an activating group) is 1. The minimum absolute atomic E-state index is 0.184. The Morgan fingerprint density at radius 3 is 1.45 bits per heavy atom. The average Bonchev–Trinajstić information content (AvgIpc) is 2.97. The molecule has 0 aromatic heterocycles. The quantitative estimate of drug-likeness (QED) is 0.0944. The van der Waals surface area contributed by atoms with Crippen molar-refractivity contribution in [2.75, 3.05) is 27.2 Å². The zero-order valence-electron chi connectivity index (χ0n) is 24.4. The molecule has 0 radical (unpaired) electrons. The molecular formula is C35H33N3O4. The first-order valence-electron chi connectivity index (χ1n) is 14.8. The van der Waals surface area contributed by atoms with Crippen molar-refractivity contribution in [2.24, 2.45) is 0 Å². The SMILES string of the molecule is CCCCCC(C)N1C(=O)c2ccc3c4ccc5c6c(ccc(c7ccc(c2c37)C1=O)c64)C(=O)N(CCN(C)C)C5=O. The largest absolute Gasteiger partial charge is 0.308 e. The van der Waals surface area contributed by atoms with E-state index in [1.165, 1.54) is 9.80 Å². The molecule has 0 N–H and O–H groups in total. The van der Waals surface area contributed by atoms with Crippen LogP contribution in [-0.4, -0.2) is 71.6 Å². The first-order valence-corrected chi connectivity index (χ1v) is 14.8. The fraction of sp³-hybridized carbons (Fsp3) is 0.314. The summed E-state index contributed by atoms with van der Waals surface area (Å²) in [5, 5.41) is 6.73. The predicted molar refractivity (Wildman–Crippen MR) is 166 cm³/mol. The van der Waals surface area contributed by atoms with Crippen LogP contribution in [0, 0.1) is 0 Å². The van der Waals surface area contributed by atoms with E-state index in [1.807, 2.05) is 74.4 Å². The molecule has 0 saturated carbocycles. The average molecular weight is 560 g/mol. The summed E-state index contributed by atoms with van der Waals surface area (Å²) in [6.45, 7) is 5.00. The molecule has 7 heteroatoms. The predicted octanol–water partition coefficient (Wildman–Crippen LogP) is 6.46. The van der Waals surface area contributed by atoms with Gasteiger partial charge in [0.25, 0.3) is 23.6 Å². The van der Waals surface area contributed by atoms with Crippen molar-refractivity contribution >= 4 is 66.7 Å². The van der Waals surface area contributed by atoms with E-state index >= 15 is 0 Å². The molecule has 7 rings (SSSR count). The molecule has 0 fully saturated rings. The van der Waals surface area contributed by atoms with Gasteiger partial charge in [-0.25, -0.2) is 0 Å². The van der Waals surface area contributed by atoms with Crippen molar-refractivity contribution in [3.8, 4) is 0 Å². The van der Waals surface area contributed by atoms with Crippen molar-refractivity contribution in [3.63, 3.8) is 0 Å². The molecule has 2 aliphatic rings. The van der Waals surface area contributed by atoms with Gasteiger partial charge in [0.1, 0.15) is 0 Å². The molecule has 1 unspecified atom stereocenters. The Morgan fingerprint density at radius 2 is 1.05 bits per heavy atom. The van der Waals surface area contributed by atoms with Gasteiger partial charge in [-0.15, -0.1) is 0 Å². The highest BCUT2D eigenvalue weighted by atomic mass is 16.2. The van der Waals surface area contributed by atoms with Gasteiger partial charge in [0, 0.05) is 52.2 Å². The van der Waals surface area contributed by atoms with E-state index < -0.39 is 0 Å². The summed E-state index contributed by atoms with van der Waals surface area (Å²) < 4.78 is 0. The van der Waals surface area contributed by atoms with E-state index in [0.29, 0.717) is 46.1 Å². The number of hydrogen-bond donors (Lipinski definition) is 0. The number of carbonyl (C=O) groups is 4. The standard InChI is InChI=1S/C35H33N3O4/c1-5-6-7-8-19(2)38-34(41)26-15-11-22-20-9-13-24-30-25(33(40)37(32(24)39)18-17-36(3)4)14-10-21(28(20)30)23-12-16-27(35(38)42)31(26)29(22)23/h9-16,19H,5-8,17-18H2,1-4H3. The van der Waals surface area contributed by atoms with Crippen LogP contribution in [0.4, 0.5) is 0 Å². The summed E-state index contributed by atoms with van der Waals surface area (Å²) >= 11 is 0. The summed E-state index contributed by atoms with van der Waals surface area (Å²) in [6.07, 6.45) is 3.90. The summed E-state index contributed by atoms with van der Waals surface area (Å²) in [5.74, 6) is -1.05. The summed E-state index contributed by atoms with van der Waals surface area (Å²) in [4.78, 5) is 59.5. The Hall–Kier alpha value is -4.36. The Labute approximate surface area is 244 Å². The smallest absolute Gasteiger partial charge is 0.261 e. The van der Waals surface area contributed by atoms with Gasteiger partial charge in [0.2, 0.25) is 0 Å². The third-order valence-electron chi connectivity index (χ3n) is 9.19. The Morgan fingerprint density at radius 1 is 0.619 bits per heavy atom. The van der Waals surface area contributed by atoms with Gasteiger partial charge in [0.05, 0.1) is 0 Å². The van der Waals surface area contributed by atoms with Crippen molar-refractivity contribution in [1.29, 1.82) is 0 Å². The number of amides is 4. The van der Waals surface area contributed by atoms with E-state index in [9.17, 15) is 19.2 Å². The first kappa shape index (κ1) is 26.5. The molecule has 5 aromatic rings. The summed E-state index contributed by atoms with van der Waals surface area (Å²) in [6, 6.07) is 14.9. The second kappa shape index (κ2) is 9.60. The van der Waals surface area contributed by atoms with Crippen molar-refractivity contribution in [1.82, 2.24) is 14.7 Å². The number of unbranched alkanes of at least 4 members (excludes halogenated alkanes) is 2. The van der Waals surface area contributed by atoms with Gasteiger partial charge in [-0.1, -0.05) is 50.5 Å². The van der Waals surface area contributed by atoms with Crippen LogP contribution in [0.3, 0.4) is 0 Å². The number of carbonyl (C=O) groups excluding carboxylic acids is 4. The van der Waals surface area contributed by atoms with E-state index in [2.05, 4.69) is 6.92 Å². The monoisotopic (exact) mass is 559 g/mol. The fourth-order valence-electron chi connectivity index (χ4n) is 7.06. The molecule has 0 spiro atoms. The number of nitrogens with zero attached hydrogens (tertiary/aromatic N) is 3. The zero-order valence-corrected chi connectivity index (χ0v) is 24.4. The van der Waals surface area contributed by atoms with E-state index in [0.717, 1.165) is 58.0 Å². The van der Waals surface area contributed by atoms with Crippen LogP contribution < -0.4 is 0 Å². The Kier molecular flexibility index (Phi) is 6.06. The molecule has 42 heavy (non-hydrogen) atoms. The summed E-state index contributed by atoms with van der Waals surface area (Å²) in [7, 11) is 3.83. The van der Waals surface area contributed by atoms with Gasteiger partial charge in [-0.3, -0.25) is 29.0 Å². The van der Waals surface area contributed by atoms with Crippen molar-refractivity contribution in [2.45, 2.75) is 45.6 Å². The molecule has 4 amide bonds. The van der Waals surface area contributed by atoms with Gasteiger partial charge in [-0.05, 0) is 84.0 Å². The van der Waals surface area contributed by atoms with E-state index in [4.69, 9.17) is 0 Å². The molecule has 0 saturated heterocycles. The lowest BCUT2D eigenvalue weighted by atomic mass is 9.82. The highest BCUT2D eigenvalue weighted by Gasteiger charge is 2.38. The number of imide groups is 2. The highest BCUT2D eigenvalue weighted by Crippen LogP contribution is 2.46. The Bertz CT molecular complexity index is 1870. The van der Waals surface area contributed by atoms with Crippen LogP contribution >= 0.6 is 0 Å². The topological polar surface area (TPSA) is 78.0 Å². The lowest BCUT2D eigenvalue weighted by Gasteiger charge is -2.33. The number of fused-ring (bicyclic) bond motifs is 2. The lowest BCUT2D eigenvalue weighted by molar-refractivity contribution is 0.0539. The van der Waals surface area contributed by atoms with Crippen LogP contribution in [0.2, 0.25) is 0 Å². The second-order valence-corrected chi connectivity index (χ2v) is 12.0. The van der Waals surface area contributed by atoms with Crippen molar-refractivity contribution < 1.29 is 19.2 Å². The van der Waals surface area contributed by atoms with Crippen LogP contribution in [0.5, 0.6) is 0 Å². The third kappa shape index (κ3) is 3.56. The summed E-state index contributed by atoms with van der Waals surface area (Å²) in [5.41, 5.74) is 2.14. The van der Waals surface area contributed by atoms with Crippen LogP contribution in [0.15, 0.2) is 48.5 Å². The molecule has 5 aromatic carbocycles. The molecular weight excluding hydrogens is 526 g/mol. The number of rotatable bonds is 8. The highest BCUT2D eigenvalue weighted by molar-refractivity contribution is 6.41. The third-order valence-corrected chi connectivity index (χ3v) is 9.19. The maximum absolute atomic E-state index is 13.8. The van der Waals surface area contributed by atoms with Gasteiger partial charge in [0.15, 0.2) is 0 Å².